The number of piperidine rings is 1. The van der Waals surface area contributed by atoms with Gasteiger partial charge in [0, 0.05) is 35.4 Å². The summed E-state index contributed by atoms with van der Waals surface area (Å²) in [6.45, 7) is 9.35. The number of pyridine rings is 1. The molecule has 0 amide bonds. The van der Waals surface area contributed by atoms with E-state index in [1.807, 2.05) is 18.4 Å². The SMILES string of the molecule is CC(C)c1nc(-c2cc(N)cc(F)c2OC(F)(F)F)c(F)c2c1c(C1C3CNCC31)c(CNC1(C)COC1)n2C1CC1. The number of halogens is 5. The Bertz CT molecular complexity index is 1570. The van der Waals surface area contributed by atoms with Gasteiger partial charge in [-0.05, 0) is 68.2 Å². The number of alkyl halides is 3. The number of nitrogens with zero attached hydrogens (tertiary/aromatic N) is 2. The Morgan fingerprint density at radius 1 is 1.19 bits per heavy atom. The third-order valence-corrected chi connectivity index (χ3v) is 9.20. The van der Waals surface area contributed by atoms with Crippen LogP contribution < -0.4 is 21.1 Å². The molecule has 4 aliphatic rings. The van der Waals surface area contributed by atoms with Crippen LogP contribution in [0.15, 0.2) is 12.1 Å². The van der Waals surface area contributed by atoms with Crippen LogP contribution in [0.3, 0.4) is 0 Å². The molecule has 4 heterocycles. The summed E-state index contributed by atoms with van der Waals surface area (Å²) in [4.78, 5) is 4.66. The standard InChI is InChI=1S/C30H34F5N5O2/c1-13(2)25-23-22(21-17-8-37-9-18(17)21)20(10-38-29(3)11-41-12-29)40(15-4-5-15)27(23)24(32)26(39-25)16-6-14(36)7-19(31)28(16)42-30(33,34)35/h6-7,13,15,17-18,21,37-38H,4-5,8-12,36H2,1-3H3. The maximum atomic E-state index is 17.0. The van der Waals surface area contributed by atoms with Crippen LogP contribution in [-0.4, -0.2) is 47.8 Å². The van der Waals surface area contributed by atoms with Crippen LogP contribution in [0.1, 0.15) is 68.4 Å². The topological polar surface area (TPSA) is 86.4 Å². The second-order valence-electron chi connectivity index (χ2n) is 12.8. The Balaban J connectivity index is 1.50. The minimum Gasteiger partial charge on any atom is -0.402 e. The summed E-state index contributed by atoms with van der Waals surface area (Å²) >= 11 is 0. The number of benzene rings is 1. The molecule has 1 aromatic carbocycles. The molecule has 7 nitrogen and oxygen atoms in total. The molecule has 2 saturated carbocycles. The molecular formula is C30H34F5N5O2. The van der Waals surface area contributed by atoms with Gasteiger partial charge in [0.05, 0.1) is 35.5 Å². The van der Waals surface area contributed by atoms with Gasteiger partial charge in [-0.25, -0.2) is 13.8 Å². The van der Waals surface area contributed by atoms with Crippen molar-refractivity contribution in [2.24, 2.45) is 11.8 Å². The van der Waals surface area contributed by atoms with Crippen LogP contribution in [-0.2, 0) is 11.3 Å². The molecule has 2 aromatic heterocycles. The molecule has 0 bridgehead atoms. The second-order valence-corrected chi connectivity index (χ2v) is 12.8. The van der Waals surface area contributed by atoms with Gasteiger partial charge < -0.3 is 30.4 Å². The van der Waals surface area contributed by atoms with Crippen molar-refractivity contribution in [3.63, 3.8) is 0 Å². The largest absolute Gasteiger partial charge is 0.573 e. The van der Waals surface area contributed by atoms with E-state index in [-0.39, 0.29) is 29.1 Å². The highest BCUT2D eigenvalue weighted by atomic mass is 19.4. The van der Waals surface area contributed by atoms with E-state index in [1.165, 1.54) is 0 Å². The number of ether oxygens (including phenoxy) is 2. The van der Waals surface area contributed by atoms with Crippen molar-refractivity contribution in [1.29, 1.82) is 0 Å². The lowest BCUT2D eigenvalue weighted by Gasteiger charge is -2.39. The molecule has 0 spiro atoms. The van der Waals surface area contributed by atoms with Gasteiger partial charge in [0.15, 0.2) is 17.4 Å². The number of nitrogen functional groups attached to an aromatic ring is 1. The van der Waals surface area contributed by atoms with E-state index in [0.717, 1.165) is 54.7 Å². The van der Waals surface area contributed by atoms with Crippen molar-refractivity contribution >= 4 is 16.6 Å². The average molecular weight is 592 g/mol. The Labute approximate surface area is 239 Å². The first kappa shape index (κ1) is 27.8. The van der Waals surface area contributed by atoms with Crippen LogP contribution in [0, 0.1) is 23.5 Å². The van der Waals surface area contributed by atoms with Gasteiger partial charge in [0.25, 0.3) is 0 Å². The highest BCUT2D eigenvalue weighted by Crippen LogP contribution is 2.60. The summed E-state index contributed by atoms with van der Waals surface area (Å²) in [7, 11) is 0. The van der Waals surface area contributed by atoms with E-state index in [2.05, 4.69) is 27.3 Å². The zero-order valence-corrected chi connectivity index (χ0v) is 23.7. The van der Waals surface area contributed by atoms with Gasteiger partial charge in [-0.3, -0.25) is 0 Å². The normalized spacial score (nSPS) is 24.7. The molecule has 2 saturated heterocycles. The lowest BCUT2D eigenvalue weighted by Crippen LogP contribution is -2.57. The highest BCUT2D eigenvalue weighted by molar-refractivity contribution is 5.93. The molecule has 42 heavy (non-hydrogen) atoms. The number of aromatic nitrogens is 2. The first-order valence-corrected chi connectivity index (χ1v) is 14.5. The van der Waals surface area contributed by atoms with Crippen LogP contribution in [0.4, 0.5) is 27.6 Å². The molecule has 3 aromatic rings. The Kier molecular flexibility index (Phi) is 6.31. The fourth-order valence-electron chi connectivity index (χ4n) is 7.00. The molecule has 12 heteroatoms. The first-order valence-electron chi connectivity index (χ1n) is 14.5. The molecule has 0 radical (unpaired) electrons. The van der Waals surface area contributed by atoms with Gasteiger partial charge in [-0.15, -0.1) is 13.2 Å². The maximum Gasteiger partial charge on any atom is 0.573 e. The van der Waals surface area contributed by atoms with Gasteiger partial charge in [0.1, 0.15) is 5.69 Å². The van der Waals surface area contributed by atoms with Gasteiger partial charge in [-0.1, -0.05) is 13.8 Å². The summed E-state index contributed by atoms with van der Waals surface area (Å²) in [6.07, 6.45) is -3.48. The molecule has 2 atom stereocenters. The van der Waals surface area contributed by atoms with E-state index < -0.39 is 35.0 Å². The van der Waals surface area contributed by atoms with Crippen molar-refractivity contribution < 1.29 is 31.4 Å². The number of hydrogen-bond donors (Lipinski definition) is 3. The van der Waals surface area contributed by atoms with E-state index in [0.29, 0.717) is 42.8 Å². The Morgan fingerprint density at radius 3 is 2.45 bits per heavy atom. The van der Waals surface area contributed by atoms with E-state index in [9.17, 15) is 17.6 Å². The predicted octanol–water partition coefficient (Wildman–Crippen LogP) is 5.73. The van der Waals surface area contributed by atoms with Crippen molar-refractivity contribution in [2.75, 3.05) is 32.0 Å². The van der Waals surface area contributed by atoms with Crippen molar-refractivity contribution in [3.8, 4) is 17.0 Å². The summed E-state index contributed by atoms with van der Waals surface area (Å²) < 4.78 is 83.6. The first-order chi connectivity index (χ1) is 19.9. The number of nitrogens with two attached hydrogens (primary N) is 1. The smallest absolute Gasteiger partial charge is 0.402 e. The zero-order chi connectivity index (χ0) is 29.7. The summed E-state index contributed by atoms with van der Waals surface area (Å²) in [6, 6.07) is 1.87. The van der Waals surface area contributed by atoms with Crippen LogP contribution in [0.25, 0.3) is 22.2 Å². The fraction of sp³-hybridized carbons (Fsp3) is 0.567. The molecule has 2 unspecified atom stereocenters. The molecule has 7 rings (SSSR count). The lowest BCUT2D eigenvalue weighted by atomic mass is 9.95. The van der Waals surface area contributed by atoms with E-state index in [1.54, 1.807) is 0 Å². The van der Waals surface area contributed by atoms with Crippen LogP contribution >= 0.6 is 0 Å². The number of anilines is 1. The van der Waals surface area contributed by atoms with E-state index >= 15 is 4.39 Å². The third-order valence-electron chi connectivity index (χ3n) is 9.20. The third kappa shape index (κ3) is 4.53. The summed E-state index contributed by atoms with van der Waals surface area (Å²) in [5.41, 5.74) is 7.56. The number of nitrogens with one attached hydrogen (secondary N) is 2. The predicted molar refractivity (Wildman–Crippen MR) is 147 cm³/mol. The zero-order valence-electron chi connectivity index (χ0n) is 23.7. The van der Waals surface area contributed by atoms with Gasteiger partial charge in [-0.2, -0.15) is 0 Å². The highest BCUT2D eigenvalue weighted by Gasteiger charge is 2.56. The number of hydrogen-bond acceptors (Lipinski definition) is 6. The average Bonchev–Trinajstić information content (AvgIpc) is 3.77. The summed E-state index contributed by atoms with van der Waals surface area (Å²) in [5.74, 6) is -2.39. The minimum absolute atomic E-state index is 0.0495. The van der Waals surface area contributed by atoms with Gasteiger partial charge >= 0.3 is 6.36 Å². The molecule has 2 aliphatic carbocycles. The molecule has 2 aliphatic heterocycles. The van der Waals surface area contributed by atoms with Gasteiger partial charge in [0.2, 0.25) is 0 Å². The molecular weight excluding hydrogens is 557 g/mol. The second kappa shape index (κ2) is 9.52. The number of fused-ring (bicyclic) bond motifs is 2. The van der Waals surface area contributed by atoms with Crippen molar-refractivity contribution in [1.82, 2.24) is 20.2 Å². The minimum atomic E-state index is -5.20. The quantitative estimate of drug-likeness (QED) is 0.229. The molecule has 226 valence electrons. The van der Waals surface area contributed by atoms with Crippen molar-refractivity contribution in [2.45, 2.75) is 69.9 Å². The van der Waals surface area contributed by atoms with Crippen LogP contribution in [0.5, 0.6) is 5.75 Å². The Morgan fingerprint density at radius 2 is 1.88 bits per heavy atom. The fourth-order valence-corrected chi connectivity index (χ4v) is 7.00. The summed E-state index contributed by atoms with van der Waals surface area (Å²) in [5, 5.41) is 7.80. The maximum absolute atomic E-state index is 17.0. The Hall–Kier alpha value is -2.96. The number of rotatable bonds is 8. The molecule has 4 N–H and O–H groups in total. The van der Waals surface area contributed by atoms with Crippen LogP contribution in [0.2, 0.25) is 0 Å². The monoisotopic (exact) mass is 591 g/mol. The molecule has 4 fully saturated rings. The van der Waals surface area contributed by atoms with E-state index in [4.69, 9.17) is 10.5 Å². The lowest BCUT2D eigenvalue weighted by molar-refractivity contribution is -0.275. The van der Waals surface area contributed by atoms with Crippen molar-refractivity contribution in [3.05, 3.63) is 40.7 Å².